The van der Waals surface area contributed by atoms with Gasteiger partial charge in [-0.1, -0.05) is 30.9 Å². The summed E-state index contributed by atoms with van der Waals surface area (Å²) < 4.78 is 0. The second-order valence-electron chi connectivity index (χ2n) is 1.76. The first-order valence-electron chi connectivity index (χ1n) is 2.75. The summed E-state index contributed by atoms with van der Waals surface area (Å²) in [6, 6.07) is 7.08. The van der Waals surface area contributed by atoms with Gasteiger partial charge in [0.1, 0.15) is 5.75 Å². The van der Waals surface area contributed by atoms with Crippen LogP contribution in [-0.4, -0.2) is 5.11 Å². The monoisotopic (exact) mass is 183 g/mol. The van der Waals surface area contributed by atoms with Crippen LogP contribution in [0.3, 0.4) is 0 Å². The van der Waals surface area contributed by atoms with Gasteiger partial charge in [-0.15, -0.1) is 0 Å². The van der Waals surface area contributed by atoms with E-state index < -0.39 is 0 Å². The van der Waals surface area contributed by atoms with Crippen molar-refractivity contribution >= 4 is 6.08 Å². The number of phenols is 1. The van der Waals surface area contributed by atoms with Gasteiger partial charge in [-0.3, -0.25) is 0 Å². The van der Waals surface area contributed by atoms with E-state index in [0.717, 1.165) is 5.56 Å². The minimum atomic E-state index is 0. The number of hydrogen-bond donors (Lipinski definition) is 1. The van der Waals surface area contributed by atoms with Crippen LogP contribution in [0.1, 0.15) is 5.56 Å². The molecule has 0 fully saturated rings. The summed E-state index contributed by atoms with van der Waals surface area (Å²) in [4.78, 5) is 0. The molecule has 0 amide bonds. The van der Waals surface area contributed by atoms with E-state index in [-0.39, 0.29) is 22.8 Å². The molecule has 0 spiro atoms. The maximum Gasteiger partial charge on any atom is 0.122 e. The molecule has 1 radical (unpaired) electrons. The average Bonchev–Trinajstić information content (AvgIpc) is 1.89. The molecule has 1 aromatic carbocycles. The second kappa shape index (κ2) is 4.15. The van der Waals surface area contributed by atoms with Crippen LogP contribution in [0.25, 0.3) is 6.08 Å². The fraction of sp³-hybridized carbons (Fsp3) is 0. The second-order valence-corrected chi connectivity index (χ2v) is 1.76. The Labute approximate surface area is 70.9 Å². The molecule has 0 aliphatic rings. The molecule has 1 nitrogen and oxygen atoms in total. The van der Waals surface area contributed by atoms with E-state index >= 15 is 0 Å². The Kier molecular flexibility index (Phi) is 3.85. The van der Waals surface area contributed by atoms with Crippen molar-refractivity contribution in [2.75, 3.05) is 0 Å². The van der Waals surface area contributed by atoms with Crippen molar-refractivity contribution in [1.82, 2.24) is 0 Å². The molecule has 0 aromatic heterocycles. The minimum Gasteiger partial charge on any atom is -0.507 e. The molecular formula is C8H8CuO. The summed E-state index contributed by atoms with van der Waals surface area (Å²) in [6.07, 6.45) is 1.62. The average molecular weight is 184 g/mol. The summed E-state index contributed by atoms with van der Waals surface area (Å²) in [7, 11) is 0. The quantitative estimate of drug-likeness (QED) is 0.661. The van der Waals surface area contributed by atoms with Gasteiger partial charge >= 0.3 is 0 Å². The standard InChI is InChI=1S/C8H8O.Cu/c1-2-7-5-3-4-6-8(7)9;/h2-6,9H,1H2;. The zero-order valence-electron chi connectivity index (χ0n) is 5.34. The molecule has 0 aliphatic carbocycles. The van der Waals surface area contributed by atoms with Gasteiger partial charge in [0.25, 0.3) is 0 Å². The maximum atomic E-state index is 9.04. The Morgan fingerprint density at radius 2 is 1.90 bits per heavy atom. The summed E-state index contributed by atoms with van der Waals surface area (Å²) in [5.74, 6) is 0.285. The first-order chi connectivity index (χ1) is 4.34. The van der Waals surface area contributed by atoms with E-state index in [9.17, 15) is 0 Å². The van der Waals surface area contributed by atoms with Crippen LogP contribution >= 0.6 is 0 Å². The number of para-hydroxylation sites is 1. The number of hydrogen-bond acceptors (Lipinski definition) is 1. The first-order valence-corrected chi connectivity index (χ1v) is 2.75. The third-order valence-corrected chi connectivity index (χ3v) is 1.16. The van der Waals surface area contributed by atoms with Crippen molar-refractivity contribution < 1.29 is 22.2 Å². The van der Waals surface area contributed by atoms with Crippen LogP contribution in [-0.2, 0) is 17.1 Å². The number of phenolic OH excluding ortho intramolecular Hbond substituents is 1. The third-order valence-electron chi connectivity index (χ3n) is 1.16. The van der Waals surface area contributed by atoms with Gasteiger partial charge in [0.05, 0.1) is 0 Å². The molecule has 57 valence electrons. The molecule has 10 heavy (non-hydrogen) atoms. The maximum absolute atomic E-state index is 9.04. The van der Waals surface area contributed by atoms with Gasteiger partial charge in [0.15, 0.2) is 0 Å². The van der Waals surface area contributed by atoms with Gasteiger partial charge in [0, 0.05) is 22.6 Å². The first kappa shape index (κ1) is 9.28. The SMILES string of the molecule is C=Cc1ccccc1O.[Cu]. The number of rotatable bonds is 1. The predicted molar refractivity (Wildman–Crippen MR) is 38.2 cm³/mol. The Bertz CT molecular complexity index is 220. The van der Waals surface area contributed by atoms with Gasteiger partial charge in [-0.2, -0.15) is 0 Å². The van der Waals surface area contributed by atoms with Crippen LogP contribution in [0.5, 0.6) is 5.75 Å². The van der Waals surface area contributed by atoms with E-state index in [1.165, 1.54) is 0 Å². The Balaban J connectivity index is 0.000000810. The van der Waals surface area contributed by atoms with Crippen molar-refractivity contribution in [2.24, 2.45) is 0 Å². The summed E-state index contributed by atoms with van der Waals surface area (Å²) in [6.45, 7) is 3.53. The molecule has 1 rings (SSSR count). The zero-order valence-corrected chi connectivity index (χ0v) is 6.28. The molecule has 0 unspecified atom stereocenters. The van der Waals surface area contributed by atoms with Gasteiger partial charge in [-0.25, -0.2) is 0 Å². The predicted octanol–water partition coefficient (Wildman–Crippen LogP) is 2.03. The normalized spacial score (nSPS) is 8.00. The van der Waals surface area contributed by atoms with E-state index in [1.54, 1.807) is 18.2 Å². The largest absolute Gasteiger partial charge is 0.507 e. The Hall–Kier alpha value is -0.721. The summed E-state index contributed by atoms with van der Waals surface area (Å²) >= 11 is 0. The Morgan fingerprint density at radius 3 is 2.30 bits per heavy atom. The van der Waals surface area contributed by atoms with Crippen molar-refractivity contribution in [3.05, 3.63) is 36.4 Å². The Morgan fingerprint density at radius 1 is 1.30 bits per heavy atom. The molecule has 0 aliphatic heterocycles. The summed E-state index contributed by atoms with van der Waals surface area (Å²) in [5, 5.41) is 9.04. The minimum absolute atomic E-state index is 0. The molecule has 1 N–H and O–H groups in total. The van der Waals surface area contributed by atoms with E-state index in [2.05, 4.69) is 6.58 Å². The molecule has 0 saturated carbocycles. The smallest absolute Gasteiger partial charge is 0.122 e. The fourth-order valence-corrected chi connectivity index (χ4v) is 0.660. The molecule has 0 bridgehead atoms. The van der Waals surface area contributed by atoms with Crippen molar-refractivity contribution in [3.63, 3.8) is 0 Å². The summed E-state index contributed by atoms with van der Waals surface area (Å²) in [5.41, 5.74) is 0.775. The van der Waals surface area contributed by atoms with Crippen LogP contribution in [0, 0.1) is 0 Å². The molecular weight excluding hydrogens is 176 g/mol. The molecule has 0 saturated heterocycles. The number of aromatic hydroxyl groups is 1. The fourth-order valence-electron chi connectivity index (χ4n) is 0.660. The van der Waals surface area contributed by atoms with E-state index in [1.807, 2.05) is 12.1 Å². The third kappa shape index (κ3) is 1.90. The number of benzene rings is 1. The van der Waals surface area contributed by atoms with Crippen molar-refractivity contribution in [2.45, 2.75) is 0 Å². The van der Waals surface area contributed by atoms with Crippen LogP contribution in [0.15, 0.2) is 30.8 Å². The van der Waals surface area contributed by atoms with Crippen molar-refractivity contribution in [1.29, 1.82) is 0 Å². The van der Waals surface area contributed by atoms with Crippen LogP contribution < -0.4 is 0 Å². The van der Waals surface area contributed by atoms with Gasteiger partial charge in [0.2, 0.25) is 0 Å². The topological polar surface area (TPSA) is 20.2 Å². The van der Waals surface area contributed by atoms with E-state index in [4.69, 9.17) is 5.11 Å². The van der Waals surface area contributed by atoms with Crippen LogP contribution in [0.4, 0.5) is 0 Å². The molecule has 0 atom stereocenters. The molecule has 1 aromatic rings. The van der Waals surface area contributed by atoms with Crippen molar-refractivity contribution in [3.8, 4) is 5.75 Å². The van der Waals surface area contributed by atoms with Gasteiger partial charge < -0.3 is 5.11 Å². The molecule has 2 heteroatoms. The van der Waals surface area contributed by atoms with Crippen LogP contribution in [0.2, 0.25) is 0 Å². The van der Waals surface area contributed by atoms with E-state index in [0.29, 0.717) is 0 Å². The zero-order chi connectivity index (χ0) is 6.69. The van der Waals surface area contributed by atoms with Gasteiger partial charge in [-0.05, 0) is 6.07 Å². The molecule has 0 heterocycles.